The summed E-state index contributed by atoms with van der Waals surface area (Å²) in [6, 6.07) is 19.5. The van der Waals surface area contributed by atoms with E-state index < -0.39 is 6.04 Å². The maximum absolute atomic E-state index is 13.7. The van der Waals surface area contributed by atoms with Crippen molar-refractivity contribution in [1.29, 1.82) is 0 Å². The quantitative estimate of drug-likeness (QED) is 0.282. The van der Waals surface area contributed by atoms with Crippen LogP contribution in [0.1, 0.15) is 40.2 Å². The molecule has 0 saturated carbocycles. The number of fused-ring (bicyclic) bond motifs is 2. The third-order valence-electron chi connectivity index (χ3n) is 6.59. The van der Waals surface area contributed by atoms with Crippen molar-refractivity contribution in [3.8, 4) is 11.5 Å². The van der Waals surface area contributed by atoms with Crippen LogP contribution in [0.3, 0.4) is 0 Å². The van der Waals surface area contributed by atoms with Crippen LogP contribution in [0.4, 0.5) is 0 Å². The van der Waals surface area contributed by atoms with Gasteiger partial charge in [-0.1, -0.05) is 41.9 Å². The molecule has 196 valence electrons. The highest BCUT2D eigenvalue weighted by Gasteiger charge is 2.42. The number of rotatable bonds is 9. The summed E-state index contributed by atoms with van der Waals surface area (Å²) in [4.78, 5) is 31.0. The standard InChI is InChI=1S/C30H29ClN2O5/c1-4-36-22-13-14-23-25(17-22)38-29-26(28(23)34)27(33(30(29)35)16-15-32(2)3)19-9-11-21(12-10-19)37-18-20-7-5-6-8-24(20)31/h5-14,17,27H,4,15-16,18H2,1-3H3. The zero-order valence-electron chi connectivity index (χ0n) is 21.6. The molecule has 3 aromatic carbocycles. The highest BCUT2D eigenvalue weighted by Crippen LogP contribution is 2.39. The normalized spacial score (nSPS) is 14.8. The number of carbonyl (C=O) groups is 1. The summed E-state index contributed by atoms with van der Waals surface area (Å²) in [6.07, 6.45) is 0. The van der Waals surface area contributed by atoms with Crippen LogP contribution in [0.5, 0.6) is 11.5 Å². The van der Waals surface area contributed by atoms with Gasteiger partial charge < -0.3 is 23.7 Å². The van der Waals surface area contributed by atoms with Crippen LogP contribution in [-0.2, 0) is 6.61 Å². The first-order valence-electron chi connectivity index (χ1n) is 12.5. The molecule has 0 fully saturated rings. The maximum Gasteiger partial charge on any atom is 0.290 e. The Morgan fingerprint density at radius 3 is 2.42 bits per heavy atom. The lowest BCUT2D eigenvalue weighted by Crippen LogP contribution is -2.35. The maximum atomic E-state index is 13.7. The summed E-state index contributed by atoms with van der Waals surface area (Å²) in [5, 5.41) is 1.06. The Labute approximate surface area is 226 Å². The van der Waals surface area contributed by atoms with E-state index in [4.69, 9.17) is 25.5 Å². The Kier molecular flexibility index (Phi) is 7.40. The number of carbonyl (C=O) groups excluding carboxylic acids is 1. The first kappa shape index (κ1) is 25.8. The van der Waals surface area contributed by atoms with Gasteiger partial charge in [0.2, 0.25) is 5.76 Å². The molecule has 7 nitrogen and oxygen atoms in total. The van der Waals surface area contributed by atoms with Gasteiger partial charge in [-0.2, -0.15) is 0 Å². The van der Waals surface area contributed by atoms with Crippen molar-refractivity contribution in [2.45, 2.75) is 19.6 Å². The third kappa shape index (κ3) is 4.99. The molecule has 1 aliphatic heterocycles. The number of nitrogens with zero attached hydrogens (tertiary/aromatic N) is 2. The van der Waals surface area contributed by atoms with Crippen molar-refractivity contribution < 1.29 is 18.7 Å². The largest absolute Gasteiger partial charge is 0.494 e. The van der Waals surface area contributed by atoms with Crippen LogP contribution in [0.25, 0.3) is 11.0 Å². The van der Waals surface area contributed by atoms with Crippen LogP contribution in [-0.4, -0.2) is 49.5 Å². The van der Waals surface area contributed by atoms with Gasteiger partial charge in [0.15, 0.2) is 5.43 Å². The minimum Gasteiger partial charge on any atom is -0.494 e. The molecule has 0 aliphatic carbocycles. The molecule has 0 bridgehead atoms. The number of amides is 1. The summed E-state index contributed by atoms with van der Waals surface area (Å²) < 4.78 is 17.6. The Morgan fingerprint density at radius 1 is 0.974 bits per heavy atom. The number of ether oxygens (including phenoxy) is 2. The van der Waals surface area contributed by atoms with E-state index in [0.717, 1.165) is 11.1 Å². The highest BCUT2D eigenvalue weighted by atomic mass is 35.5. The molecule has 2 heterocycles. The molecule has 0 N–H and O–H groups in total. The summed E-state index contributed by atoms with van der Waals surface area (Å²) in [5.41, 5.74) is 2.17. The van der Waals surface area contributed by atoms with E-state index in [9.17, 15) is 9.59 Å². The second-order valence-electron chi connectivity index (χ2n) is 9.42. The molecule has 5 rings (SSSR count). The van der Waals surface area contributed by atoms with Gasteiger partial charge in [0.1, 0.15) is 23.7 Å². The van der Waals surface area contributed by atoms with Crippen molar-refractivity contribution in [3.05, 3.63) is 104 Å². The van der Waals surface area contributed by atoms with E-state index in [0.29, 0.717) is 59.4 Å². The minimum absolute atomic E-state index is 0.0824. The summed E-state index contributed by atoms with van der Waals surface area (Å²) in [7, 11) is 3.89. The summed E-state index contributed by atoms with van der Waals surface area (Å²) >= 11 is 6.25. The molecule has 1 atom stereocenters. The van der Waals surface area contributed by atoms with Crippen molar-refractivity contribution in [3.63, 3.8) is 0 Å². The molecule has 1 amide bonds. The van der Waals surface area contributed by atoms with Crippen LogP contribution in [0.2, 0.25) is 5.02 Å². The Morgan fingerprint density at radius 2 is 1.71 bits per heavy atom. The average Bonchev–Trinajstić information content (AvgIpc) is 3.19. The van der Waals surface area contributed by atoms with E-state index in [1.807, 2.05) is 74.4 Å². The second-order valence-corrected chi connectivity index (χ2v) is 9.83. The van der Waals surface area contributed by atoms with Crippen LogP contribution in [0.15, 0.2) is 75.9 Å². The smallest absolute Gasteiger partial charge is 0.290 e. The van der Waals surface area contributed by atoms with Crippen molar-refractivity contribution in [2.24, 2.45) is 0 Å². The predicted octanol–water partition coefficient (Wildman–Crippen LogP) is 5.53. The van der Waals surface area contributed by atoms with E-state index >= 15 is 0 Å². The van der Waals surface area contributed by atoms with E-state index in [1.54, 1.807) is 23.1 Å². The molecule has 1 aromatic heterocycles. The van der Waals surface area contributed by atoms with Gasteiger partial charge in [0, 0.05) is 29.7 Å². The van der Waals surface area contributed by atoms with Gasteiger partial charge in [-0.3, -0.25) is 9.59 Å². The molecule has 0 radical (unpaired) electrons. The van der Waals surface area contributed by atoms with E-state index in [2.05, 4.69) is 0 Å². The lowest BCUT2D eigenvalue weighted by atomic mass is 9.98. The Hall–Kier alpha value is -3.81. The molecule has 1 aliphatic rings. The van der Waals surface area contributed by atoms with Crippen molar-refractivity contribution in [1.82, 2.24) is 9.80 Å². The number of hydrogen-bond acceptors (Lipinski definition) is 6. The van der Waals surface area contributed by atoms with Crippen molar-refractivity contribution in [2.75, 3.05) is 33.8 Å². The Balaban J connectivity index is 1.51. The first-order chi connectivity index (χ1) is 18.4. The van der Waals surface area contributed by atoms with Gasteiger partial charge in [0.25, 0.3) is 5.91 Å². The zero-order chi connectivity index (χ0) is 26.8. The number of hydrogen-bond donors (Lipinski definition) is 0. The van der Waals surface area contributed by atoms with Gasteiger partial charge in [-0.05, 0) is 56.9 Å². The number of benzene rings is 3. The van der Waals surface area contributed by atoms with Gasteiger partial charge in [-0.25, -0.2) is 0 Å². The third-order valence-corrected chi connectivity index (χ3v) is 6.96. The molecule has 1 unspecified atom stereocenters. The Bertz CT molecular complexity index is 1530. The van der Waals surface area contributed by atoms with Crippen LogP contribution >= 0.6 is 11.6 Å². The molecular weight excluding hydrogens is 504 g/mol. The topological polar surface area (TPSA) is 72.2 Å². The fraction of sp³-hybridized carbons (Fsp3) is 0.267. The van der Waals surface area contributed by atoms with Crippen LogP contribution in [0, 0.1) is 0 Å². The van der Waals surface area contributed by atoms with Crippen molar-refractivity contribution >= 4 is 28.5 Å². The van der Waals surface area contributed by atoms with Gasteiger partial charge in [-0.15, -0.1) is 0 Å². The van der Waals surface area contributed by atoms with E-state index in [-0.39, 0.29) is 17.1 Å². The fourth-order valence-electron chi connectivity index (χ4n) is 4.66. The predicted molar refractivity (Wildman–Crippen MR) is 147 cm³/mol. The molecule has 0 saturated heterocycles. The molecule has 8 heteroatoms. The number of likely N-dealkylation sites (N-methyl/N-ethyl adjacent to an activating group) is 1. The van der Waals surface area contributed by atoms with Crippen LogP contribution < -0.4 is 14.9 Å². The fourth-order valence-corrected chi connectivity index (χ4v) is 4.85. The molecular formula is C30H29ClN2O5. The lowest BCUT2D eigenvalue weighted by molar-refractivity contribution is 0.0716. The minimum atomic E-state index is -0.567. The van der Waals surface area contributed by atoms with Gasteiger partial charge in [0.05, 0.1) is 23.6 Å². The summed E-state index contributed by atoms with van der Waals surface area (Å²) in [5.74, 6) is 1.03. The average molecular weight is 533 g/mol. The lowest BCUT2D eigenvalue weighted by Gasteiger charge is -2.26. The molecule has 0 spiro atoms. The first-order valence-corrected chi connectivity index (χ1v) is 12.9. The van der Waals surface area contributed by atoms with Gasteiger partial charge >= 0.3 is 0 Å². The van der Waals surface area contributed by atoms with E-state index in [1.165, 1.54) is 0 Å². The highest BCUT2D eigenvalue weighted by molar-refractivity contribution is 6.31. The second kappa shape index (κ2) is 10.9. The monoisotopic (exact) mass is 532 g/mol. The zero-order valence-corrected chi connectivity index (χ0v) is 22.3. The molecule has 4 aromatic rings. The summed E-state index contributed by atoms with van der Waals surface area (Å²) in [6.45, 7) is 3.77. The molecule has 38 heavy (non-hydrogen) atoms. The number of halogens is 1. The SMILES string of the molecule is CCOc1ccc2c(=O)c3c(oc2c1)C(=O)N(CCN(C)C)C3c1ccc(OCc2ccccc2Cl)cc1.